The van der Waals surface area contributed by atoms with E-state index in [1.54, 1.807) is 19.9 Å². The normalized spacial score (nSPS) is 15.7. The molecule has 0 aromatic rings. The Kier molecular flexibility index (Phi) is 8.27. The molecule has 2 N–H and O–H groups in total. The van der Waals surface area contributed by atoms with Crippen molar-refractivity contribution in [3.63, 3.8) is 0 Å². The number of hydrogen-bond acceptors (Lipinski definition) is 2. The van der Waals surface area contributed by atoms with Gasteiger partial charge in [-0.25, -0.2) is 0 Å². The summed E-state index contributed by atoms with van der Waals surface area (Å²) in [6, 6.07) is -2.06. The minimum absolute atomic E-state index is 0.0342. The molecule has 18 heavy (non-hydrogen) atoms. The van der Waals surface area contributed by atoms with Gasteiger partial charge in [-0.1, -0.05) is 26.3 Å². The number of allylic oxidation sites excluding steroid dienone is 1. The van der Waals surface area contributed by atoms with E-state index in [1.165, 1.54) is 0 Å². The van der Waals surface area contributed by atoms with Crippen molar-refractivity contribution in [1.29, 1.82) is 0 Å². The maximum absolute atomic E-state index is 12.8. The Hall–Kier alpha value is -0.550. The van der Waals surface area contributed by atoms with Gasteiger partial charge in [-0.15, -0.1) is 6.58 Å². The first kappa shape index (κ1) is 17.4. The molecule has 0 heterocycles. The monoisotopic (exact) mass is 267 g/mol. The summed E-state index contributed by atoms with van der Waals surface area (Å²) in [6.07, 6.45) is -0.571. The zero-order valence-corrected chi connectivity index (χ0v) is 11.1. The molecule has 0 aliphatic carbocycles. The van der Waals surface area contributed by atoms with Crippen LogP contribution >= 0.6 is 0 Å². The highest BCUT2D eigenvalue weighted by atomic mass is 19.4. The first-order chi connectivity index (χ1) is 8.32. The first-order valence-electron chi connectivity index (χ1n) is 6.37. The van der Waals surface area contributed by atoms with E-state index in [9.17, 15) is 13.2 Å². The molecule has 108 valence electrons. The van der Waals surface area contributed by atoms with Crippen LogP contribution < -0.4 is 5.32 Å². The molecule has 0 amide bonds. The van der Waals surface area contributed by atoms with Crippen molar-refractivity contribution in [3.8, 4) is 0 Å². The van der Waals surface area contributed by atoms with Gasteiger partial charge in [0.1, 0.15) is 6.04 Å². The van der Waals surface area contributed by atoms with Gasteiger partial charge in [-0.2, -0.15) is 13.2 Å². The molecular weight excluding hydrogens is 243 g/mol. The van der Waals surface area contributed by atoms with E-state index in [4.69, 9.17) is 5.11 Å². The van der Waals surface area contributed by atoms with Gasteiger partial charge in [0.05, 0.1) is 6.61 Å². The zero-order chi connectivity index (χ0) is 14.2. The Labute approximate surface area is 107 Å². The molecule has 0 aliphatic heterocycles. The summed E-state index contributed by atoms with van der Waals surface area (Å²) in [4.78, 5) is 0. The molecule has 0 saturated heterocycles. The third-order valence-corrected chi connectivity index (χ3v) is 2.96. The number of rotatable bonds is 9. The summed E-state index contributed by atoms with van der Waals surface area (Å²) in [7, 11) is 0. The molecule has 2 atom stereocenters. The predicted octanol–water partition coefficient (Wildman–Crippen LogP) is 3.27. The maximum Gasteiger partial charge on any atom is 0.403 e. The molecular formula is C13H24F3NO. The van der Waals surface area contributed by atoms with Crippen LogP contribution in [0.1, 0.15) is 39.5 Å². The molecule has 0 radical (unpaired) electrons. The fraction of sp³-hybridized carbons (Fsp3) is 0.846. The number of hydrogen-bond donors (Lipinski definition) is 2. The van der Waals surface area contributed by atoms with E-state index in [2.05, 4.69) is 11.9 Å². The lowest BCUT2D eigenvalue weighted by Gasteiger charge is -2.28. The molecule has 0 aromatic carbocycles. The minimum Gasteiger partial charge on any atom is -0.395 e. The van der Waals surface area contributed by atoms with Crippen LogP contribution in [-0.4, -0.2) is 30.0 Å². The Balaban J connectivity index is 4.35. The average Bonchev–Trinajstić information content (AvgIpc) is 2.26. The van der Waals surface area contributed by atoms with Gasteiger partial charge in [0.15, 0.2) is 0 Å². The SMILES string of the molecule is C=CCCCCC(N[C@H](CO)C(C)C)C(F)(F)F. The van der Waals surface area contributed by atoms with Crippen molar-refractivity contribution in [2.45, 2.75) is 57.8 Å². The second-order valence-electron chi connectivity index (χ2n) is 4.87. The largest absolute Gasteiger partial charge is 0.403 e. The number of alkyl halides is 3. The van der Waals surface area contributed by atoms with Gasteiger partial charge in [0, 0.05) is 6.04 Å². The molecule has 2 nitrogen and oxygen atoms in total. The van der Waals surface area contributed by atoms with Gasteiger partial charge in [0.2, 0.25) is 0 Å². The van der Waals surface area contributed by atoms with Crippen molar-refractivity contribution in [2.75, 3.05) is 6.61 Å². The third kappa shape index (κ3) is 7.01. The second-order valence-corrected chi connectivity index (χ2v) is 4.87. The van der Waals surface area contributed by atoms with Crippen molar-refractivity contribution >= 4 is 0 Å². The highest BCUT2D eigenvalue weighted by molar-refractivity contribution is 4.81. The van der Waals surface area contributed by atoms with Crippen LogP contribution in [0.2, 0.25) is 0 Å². The topological polar surface area (TPSA) is 32.3 Å². The van der Waals surface area contributed by atoms with Crippen molar-refractivity contribution in [1.82, 2.24) is 5.32 Å². The Morgan fingerprint density at radius 1 is 1.28 bits per heavy atom. The molecule has 0 rings (SSSR count). The smallest absolute Gasteiger partial charge is 0.395 e. The molecule has 0 spiro atoms. The molecule has 0 saturated carbocycles. The highest BCUT2D eigenvalue weighted by Gasteiger charge is 2.40. The number of nitrogens with one attached hydrogen (secondary N) is 1. The first-order valence-corrected chi connectivity index (χ1v) is 6.37. The zero-order valence-electron chi connectivity index (χ0n) is 11.1. The summed E-state index contributed by atoms with van der Waals surface area (Å²) in [5, 5.41) is 11.6. The summed E-state index contributed by atoms with van der Waals surface area (Å²) in [5.74, 6) is -0.0342. The van der Waals surface area contributed by atoms with Crippen molar-refractivity contribution in [3.05, 3.63) is 12.7 Å². The number of unbranched alkanes of at least 4 members (excludes halogenated alkanes) is 2. The van der Waals surface area contributed by atoms with Crippen molar-refractivity contribution < 1.29 is 18.3 Å². The quantitative estimate of drug-likeness (QED) is 0.496. The summed E-state index contributed by atoms with van der Waals surface area (Å²) in [6.45, 7) is 6.84. The fourth-order valence-electron chi connectivity index (χ4n) is 1.69. The lowest BCUT2D eigenvalue weighted by Crippen LogP contribution is -2.50. The van der Waals surface area contributed by atoms with Crippen LogP contribution in [-0.2, 0) is 0 Å². The molecule has 0 aliphatic rings. The van der Waals surface area contributed by atoms with Crippen LogP contribution in [0.15, 0.2) is 12.7 Å². The number of aliphatic hydroxyl groups excluding tert-OH is 1. The van der Waals surface area contributed by atoms with Gasteiger partial charge in [0.25, 0.3) is 0 Å². The van der Waals surface area contributed by atoms with Crippen LogP contribution in [0.3, 0.4) is 0 Å². The molecule has 5 heteroatoms. The Morgan fingerprint density at radius 2 is 1.89 bits per heavy atom. The summed E-state index contributed by atoms with van der Waals surface area (Å²) >= 11 is 0. The number of halogens is 3. The number of aliphatic hydroxyl groups is 1. The van der Waals surface area contributed by atoms with Crippen LogP contribution in [0.5, 0.6) is 0 Å². The highest BCUT2D eigenvalue weighted by Crippen LogP contribution is 2.25. The minimum atomic E-state index is -4.27. The van der Waals surface area contributed by atoms with E-state index in [0.29, 0.717) is 12.8 Å². The van der Waals surface area contributed by atoms with Gasteiger partial charge in [-0.05, 0) is 25.2 Å². The van der Waals surface area contributed by atoms with Crippen LogP contribution in [0.25, 0.3) is 0 Å². The van der Waals surface area contributed by atoms with Gasteiger partial charge < -0.3 is 10.4 Å². The molecule has 0 aromatic heterocycles. The lowest BCUT2D eigenvalue weighted by atomic mass is 10.0. The Morgan fingerprint density at radius 3 is 2.28 bits per heavy atom. The average molecular weight is 267 g/mol. The van der Waals surface area contributed by atoms with E-state index in [0.717, 1.165) is 6.42 Å². The maximum atomic E-state index is 12.8. The van der Waals surface area contributed by atoms with Crippen molar-refractivity contribution in [2.24, 2.45) is 5.92 Å². The van der Waals surface area contributed by atoms with E-state index in [-0.39, 0.29) is 18.9 Å². The van der Waals surface area contributed by atoms with Crippen LogP contribution in [0.4, 0.5) is 13.2 Å². The lowest BCUT2D eigenvalue weighted by molar-refractivity contribution is -0.160. The molecule has 0 bridgehead atoms. The summed E-state index contributed by atoms with van der Waals surface area (Å²) in [5.41, 5.74) is 0. The van der Waals surface area contributed by atoms with Gasteiger partial charge in [-0.3, -0.25) is 0 Å². The summed E-state index contributed by atoms with van der Waals surface area (Å²) < 4.78 is 38.5. The standard InChI is InChI=1S/C13H24F3NO/c1-4-5-6-7-8-12(13(14,15)16)17-11(9-18)10(2)3/h4,10-12,17-18H,1,5-9H2,2-3H3/t11-,12?/m1/s1. The molecule has 1 unspecified atom stereocenters. The predicted molar refractivity (Wildman–Crippen MR) is 67.4 cm³/mol. The van der Waals surface area contributed by atoms with E-state index < -0.39 is 18.3 Å². The molecule has 0 fully saturated rings. The fourth-order valence-corrected chi connectivity index (χ4v) is 1.69. The van der Waals surface area contributed by atoms with Crippen LogP contribution in [0, 0.1) is 5.92 Å². The third-order valence-electron chi connectivity index (χ3n) is 2.96. The van der Waals surface area contributed by atoms with Gasteiger partial charge >= 0.3 is 6.18 Å². The van der Waals surface area contributed by atoms with E-state index in [1.807, 2.05) is 0 Å². The Bertz CT molecular complexity index is 229. The van der Waals surface area contributed by atoms with E-state index >= 15 is 0 Å². The second kappa shape index (κ2) is 8.53.